The van der Waals surface area contributed by atoms with E-state index in [0.717, 1.165) is 6.42 Å². The molecule has 2 aromatic rings. The van der Waals surface area contributed by atoms with Gasteiger partial charge in [-0.2, -0.15) is 0 Å². The van der Waals surface area contributed by atoms with E-state index in [4.69, 9.17) is 4.98 Å². The van der Waals surface area contributed by atoms with Crippen LogP contribution in [-0.4, -0.2) is 52.0 Å². The van der Waals surface area contributed by atoms with E-state index in [2.05, 4.69) is 46.0 Å². The number of aromatic amines is 1. The molecule has 1 fully saturated rings. The van der Waals surface area contributed by atoms with Crippen LogP contribution in [0.5, 0.6) is 0 Å². The van der Waals surface area contributed by atoms with Crippen LogP contribution >= 0.6 is 0 Å². The van der Waals surface area contributed by atoms with Gasteiger partial charge in [0.2, 0.25) is 0 Å². The Morgan fingerprint density at radius 1 is 1.12 bits per heavy atom. The zero-order valence-corrected chi connectivity index (χ0v) is 15.9. The number of hydrogen-bond acceptors (Lipinski definition) is 3. The molecule has 1 aromatic heterocycles. The SMILES string of the molecule is CCCN1CCc2[nH]cnc2C12CCN(C1Cc3ccccc3C1)CC2. The number of likely N-dealkylation sites (tertiary alicyclic amines) is 1. The third kappa shape index (κ3) is 2.54. The summed E-state index contributed by atoms with van der Waals surface area (Å²) >= 11 is 0. The highest BCUT2D eigenvalue weighted by Gasteiger charge is 2.47. The Kier molecular flexibility index (Phi) is 4.13. The molecule has 0 radical (unpaired) electrons. The van der Waals surface area contributed by atoms with Gasteiger partial charge >= 0.3 is 0 Å². The average molecular weight is 351 g/mol. The Labute approximate surface area is 156 Å². The van der Waals surface area contributed by atoms with E-state index >= 15 is 0 Å². The van der Waals surface area contributed by atoms with E-state index < -0.39 is 0 Å². The van der Waals surface area contributed by atoms with Gasteiger partial charge in [0.1, 0.15) is 0 Å². The Balaban J connectivity index is 1.35. The van der Waals surface area contributed by atoms with Crippen LogP contribution < -0.4 is 0 Å². The van der Waals surface area contributed by atoms with Crippen molar-refractivity contribution in [2.24, 2.45) is 0 Å². The predicted octanol–water partition coefficient (Wildman–Crippen LogP) is 3.14. The number of H-pyrrole nitrogens is 1. The molecule has 0 saturated carbocycles. The largest absolute Gasteiger partial charge is 0.348 e. The summed E-state index contributed by atoms with van der Waals surface area (Å²) in [5.74, 6) is 0. The lowest BCUT2D eigenvalue weighted by molar-refractivity contribution is -0.00487. The van der Waals surface area contributed by atoms with Gasteiger partial charge in [-0.25, -0.2) is 4.98 Å². The quantitative estimate of drug-likeness (QED) is 0.924. The van der Waals surface area contributed by atoms with Crippen LogP contribution in [0.15, 0.2) is 30.6 Å². The topological polar surface area (TPSA) is 35.2 Å². The normalized spacial score (nSPS) is 23.3. The van der Waals surface area contributed by atoms with Gasteiger partial charge in [-0.05, 0) is 49.8 Å². The van der Waals surface area contributed by atoms with Gasteiger partial charge in [0.05, 0.1) is 17.6 Å². The van der Waals surface area contributed by atoms with E-state index in [1.54, 1.807) is 11.1 Å². The van der Waals surface area contributed by atoms with Crippen molar-refractivity contribution < 1.29 is 0 Å². The molecule has 4 nitrogen and oxygen atoms in total. The first-order chi connectivity index (χ1) is 12.8. The Morgan fingerprint density at radius 3 is 2.54 bits per heavy atom. The van der Waals surface area contributed by atoms with Crippen molar-refractivity contribution >= 4 is 0 Å². The Hall–Kier alpha value is -1.65. The Morgan fingerprint density at radius 2 is 1.85 bits per heavy atom. The molecule has 26 heavy (non-hydrogen) atoms. The van der Waals surface area contributed by atoms with Crippen molar-refractivity contribution in [2.45, 2.75) is 57.0 Å². The maximum atomic E-state index is 4.81. The minimum absolute atomic E-state index is 0.172. The molecule has 0 bridgehead atoms. The standard InChI is InChI=1S/C22H30N4/c1-2-10-26-11-7-20-21(24-16-23-20)22(26)8-12-25(13-9-22)19-14-17-5-3-4-6-18(17)15-19/h3-6,16,19H,2,7-15H2,1H3,(H,23,24). The molecule has 0 atom stereocenters. The van der Waals surface area contributed by atoms with Crippen molar-refractivity contribution in [1.82, 2.24) is 19.8 Å². The molecule has 1 spiro atoms. The minimum Gasteiger partial charge on any atom is -0.348 e. The van der Waals surface area contributed by atoms with Gasteiger partial charge in [-0.3, -0.25) is 9.80 Å². The van der Waals surface area contributed by atoms with Crippen LogP contribution in [0, 0.1) is 0 Å². The molecule has 5 rings (SSSR count). The van der Waals surface area contributed by atoms with Crippen LogP contribution in [0.25, 0.3) is 0 Å². The molecule has 1 N–H and O–H groups in total. The van der Waals surface area contributed by atoms with Gasteiger partial charge in [0.25, 0.3) is 0 Å². The van der Waals surface area contributed by atoms with Gasteiger partial charge in [-0.1, -0.05) is 31.2 Å². The number of nitrogens with zero attached hydrogens (tertiary/aromatic N) is 3. The summed E-state index contributed by atoms with van der Waals surface area (Å²) in [5, 5.41) is 0. The van der Waals surface area contributed by atoms with Crippen molar-refractivity contribution in [3.8, 4) is 0 Å². The monoisotopic (exact) mass is 350 g/mol. The lowest BCUT2D eigenvalue weighted by Crippen LogP contribution is -2.57. The highest BCUT2D eigenvalue weighted by molar-refractivity contribution is 5.34. The number of imidazole rings is 1. The highest BCUT2D eigenvalue weighted by Crippen LogP contribution is 2.43. The fraction of sp³-hybridized carbons (Fsp3) is 0.591. The first-order valence-electron chi connectivity index (χ1n) is 10.4. The molecule has 1 saturated heterocycles. The van der Waals surface area contributed by atoms with Crippen molar-refractivity contribution in [3.63, 3.8) is 0 Å². The summed E-state index contributed by atoms with van der Waals surface area (Å²) in [6.07, 6.45) is 9.17. The number of hydrogen-bond donors (Lipinski definition) is 1. The number of aromatic nitrogens is 2. The van der Waals surface area contributed by atoms with Gasteiger partial charge in [0.15, 0.2) is 0 Å². The van der Waals surface area contributed by atoms with Gasteiger partial charge in [-0.15, -0.1) is 0 Å². The summed E-state index contributed by atoms with van der Waals surface area (Å²) in [6, 6.07) is 9.72. The fourth-order valence-corrected chi connectivity index (χ4v) is 5.72. The maximum absolute atomic E-state index is 4.81. The van der Waals surface area contributed by atoms with E-state index in [-0.39, 0.29) is 5.54 Å². The summed E-state index contributed by atoms with van der Waals surface area (Å²) in [5.41, 5.74) is 6.05. The molecule has 1 aromatic carbocycles. The molecule has 3 aliphatic rings. The number of rotatable bonds is 3. The lowest BCUT2D eigenvalue weighted by Gasteiger charge is -2.51. The average Bonchev–Trinajstić information content (AvgIpc) is 3.32. The maximum Gasteiger partial charge on any atom is 0.0926 e. The molecule has 0 amide bonds. The molecule has 138 valence electrons. The summed E-state index contributed by atoms with van der Waals surface area (Å²) in [4.78, 5) is 13.7. The zero-order chi connectivity index (χ0) is 17.6. The van der Waals surface area contributed by atoms with E-state index in [9.17, 15) is 0 Å². The third-order valence-electron chi connectivity index (χ3n) is 7.06. The van der Waals surface area contributed by atoms with Crippen LogP contribution in [0.3, 0.4) is 0 Å². The molecule has 2 aliphatic heterocycles. The second kappa shape index (κ2) is 6.50. The van der Waals surface area contributed by atoms with Gasteiger partial charge in [0, 0.05) is 37.8 Å². The third-order valence-corrected chi connectivity index (χ3v) is 7.06. The first-order valence-corrected chi connectivity index (χ1v) is 10.4. The number of nitrogens with one attached hydrogen (secondary N) is 1. The van der Waals surface area contributed by atoms with Crippen LogP contribution in [0.1, 0.15) is 48.7 Å². The molecular weight excluding hydrogens is 320 g/mol. The van der Waals surface area contributed by atoms with Crippen molar-refractivity contribution in [1.29, 1.82) is 0 Å². The van der Waals surface area contributed by atoms with E-state index in [1.807, 2.05) is 6.33 Å². The van der Waals surface area contributed by atoms with E-state index in [1.165, 1.54) is 69.7 Å². The van der Waals surface area contributed by atoms with Crippen LogP contribution in [0.4, 0.5) is 0 Å². The van der Waals surface area contributed by atoms with Crippen molar-refractivity contribution in [2.75, 3.05) is 26.2 Å². The van der Waals surface area contributed by atoms with Crippen LogP contribution in [-0.2, 0) is 24.8 Å². The number of benzene rings is 1. The number of fused-ring (bicyclic) bond motifs is 3. The zero-order valence-electron chi connectivity index (χ0n) is 15.9. The van der Waals surface area contributed by atoms with E-state index in [0.29, 0.717) is 6.04 Å². The molecular formula is C22H30N4. The summed E-state index contributed by atoms with van der Waals surface area (Å²) < 4.78 is 0. The lowest BCUT2D eigenvalue weighted by atomic mass is 9.78. The highest BCUT2D eigenvalue weighted by atomic mass is 15.3. The van der Waals surface area contributed by atoms with Gasteiger partial charge < -0.3 is 4.98 Å². The smallest absolute Gasteiger partial charge is 0.0926 e. The summed E-state index contributed by atoms with van der Waals surface area (Å²) in [7, 11) is 0. The second-order valence-corrected chi connectivity index (χ2v) is 8.37. The minimum atomic E-state index is 0.172. The van der Waals surface area contributed by atoms with Crippen LogP contribution in [0.2, 0.25) is 0 Å². The van der Waals surface area contributed by atoms with Crippen molar-refractivity contribution in [3.05, 3.63) is 53.1 Å². The Bertz CT molecular complexity index is 747. The molecule has 0 unspecified atom stereocenters. The molecule has 1 aliphatic carbocycles. The first kappa shape index (κ1) is 16.5. The predicted molar refractivity (Wildman–Crippen MR) is 104 cm³/mol. The number of piperidine rings is 1. The molecule has 4 heteroatoms. The summed E-state index contributed by atoms with van der Waals surface area (Å²) in [6.45, 7) is 7.08. The second-order valence-electron chi connectivity index (χ2n) is 8.37. The molecule has 3 heterocycles. The fourth-order valence-electron chi connectivity index (χ4n) is 5.72.